The number of hydrogen-bond acceptors (Lipinski definition) is 4. The number of allylic oxidation sites excluding steroid dienone is 1. The Morgan fingerprint density at radius 3 is 2.52 bits per heavy atom. The molecule has 116 valence electrons. The molecular weight excluding hydrogens is 290 g/mol. The smallest absolute Gasteiger partial charge is 0.266 e. The lowest BCUT2D eigenvalue weighted by atomic mass is 10.2. The van der Waals surface area contributed by atoms with Crippen LogP contribution in [-0.2, 0) is 19.6 Å². The number of aryl methyl sites for hydroxylation is 1. The van der Waals surface area contributed by atoms with E-state index in [1.54, 1.807) is 18.2 Å². The van der Waals surface area contributed by atoms with Crippen LogP contribution in [0.3, 0.4) is 0 Å². The van der Waals surface area contributed by atoms with Crippen LogP contribution in [0.5, 0.6) is 0 Å². The third kappa shape index (κ3) is 4.99. The van der Waals surface area contributed by atoms with Gasteiger partial charge in [0.25, 0.3) is 15.9 Å². The zero-order valence-electron chi connectivity index (χ0n) is 12.4. The minimum absolute atomic E-state index is 0.0932. The lowest BCUT2D eigenvalue weighted by Crippen LogP contribution is -2.35. The van der Waals surface area contributed by atoms with Gasteiger partial charge in [-0.2, -0.15) is 0 Å². The monoisotopic (exact) mass is 311 g/mol. The Morgan fingerprint density at radius 2 is 1.95 bits per heavy atom. The van der Waals surface area contributed by atoms with Crippen molar-refractivity contribution in [1.82, 2.24) is 4.31 Å². The molecule has 0 aromatic heterocycles. The van der Waals surface area contributed by atoms with E-state index < -0.39 is 15.9 Å². The lowest BCUT2D eigenvalue weighted by Gasteiger charge is -2.17. The van der Waals surface area contributed by atoms with E-state index in [-0.39, 0.29) is 11.5 Å². The van der Waals surface area contributed by atoms with E-state index in [1.807, 2.05) is 6.92 Å². The lowest BCUT2D eigenvalue weighted by molar-refractivity contribution is -0.130. The van der Waals surface area contributed by atoms with Gasteiger partial charge in [0, 0.05) is 13.7 Å². The molecule has 0 aliphatic heterocycles. The van der Waals surface area contributed by atoms with E-state index >= 15 is 0 Å². The highest BCUT2D eigenvalue weighted by Crippen LogP contribution is 2.15. The number of carbonyl (C=O) groups excluding carboxylic acids is 1. The van der Waals surface area contributed by atoms with Crippen LogP contribution in [0.4, 0.5) is 0 Å². The van der Waals surface area contributed by atoms with Crippen LogP contribution < -0.4 is 0 Å². The van der Waals surface area contributed by atoms with Gasteiger partial charge in [0.2, 0.25) is 0 Å². The van der Waals surface area contributed by atoms with Crippen molar-refractivity contribution in [3.8, 4) is 0 Å². The molecule has 1 rings (SSSR count). The largest absolute Gasteiger partial charge is 0.372 e. The van der Waals surface area contributed by atoms with Gasteiger partial charge in [0.1, 0.15) is 6.61 Å². The highest BCUT2D eigenvalue weighted by molar-refractivity contribution is 7.89. The van der Waals surface area contributed by atoms with Gasteiger partial charge in [-0.05, 0) is 31.9 Å². The Kier molecular flexibility index (Phi) is 6.58. The Morgan fingerprint density at radius 1 is 1.33 bits per heavy atom. The molecule has 0 unspecified atom stereocenters. The quantitative estimate of drug-likeness (QED) is 0.545. The average molecular weight is 311 g/mol. The normalized spacial score (nSPS) is 11.1. The number of amides is 1. The molecule has 0 bridgehead atoms. The van der Waals surface area contributed by atoms with Gasteiger partial charge < -0.3 is 4.74 Å². The first-order valence-corrected chi connectivity index (χ1v) is 8.10. The number of nitrogens with zero attached hydrogens (tertiary/aromatic N) is 1. The van der Waals surface area contributed by atoms with E-state index in [9.17, 15) is 13.2 Å². The fraction of sp³-hybridized carbons (Fsp3) is 0.400. The van der Waals surface area contributed by atoms with E-state index in [0.29, 0.717) is 6.61 Å². The first-order chi connectivity index (χ1) is 9.89. The predicted molar refractivity (Wildman–Crippen MR) is 81.4 cm³/mol. The molecule has 0 N–H and O–H groups in total. The third-order valence-electron chi connectivity index (χ3n) is 2.95. The summed E-state index contributed by atoms with van der Waals surface area (Å²) in [5.74, 6) is -0.589. The van der Waals surface area contributed by atoms with Gasteiger partial charge in [-0.1, -0.05) is 23.8 Å². The van der Waals surface area contributed by atoms with Crippen LogP contribution >= 0.6 is 0 Å². The number of rotatable bonds is 8. The highest BCUT2D eigenvalue weighted by atomic mass is 32.2. The third-order valence-corrected chi connectivity index (χ3v) is 4.75. The number of benzene rings is 1. The summed E-state index contributed by atoms with van der Waals surface area (Å²) < 4.78 is 30.4. The van der Waals surface area contributed by atoms with Gasteiger partial charge >= 0.3 is 0 Å². The van der Waals surface area contributed by atoms with Crippen molar-refractivity contribution >= 4 is 15.9 Å². The Bertz CT molecular complexity index is 578. The SMILES string of the molecule is C=CCCCOCC(=O)N(C)S(=O)(=O)c1ccc(C)cc1. The van der Waals surface area contributed by atoms with E-state index in [0.717, 1.165) is 22.7 Å². The van der Waals surface area contributed by atoms with Crippen molar-refractivity contribution in [3.05, 3.63) is 42.5 Å². The van der Waals surface area contributed by atoms with Crippen molar-refractivity contribution in [1.29, 1.82) is 0 Å². The topological polar surface area (TPSA) is 63.7 Å². The van der Waals surface area contributed by atoms with Crippen LogP contribution in [0, 0.1) is 6.92 Å². The predicted octanol–water partition coefficient (Wildman–Crippen LogP) is 2.12. The fourth-order valence-electron chi connectivity index (χ4n) is 1.58. The molecule has 1 amide bonds. The van der Waals surface area contributed by atoms with Gasteiger partial charge in [0.15, 0.2) is 0 Å². The van der Waals surface area contributed by atoms with Gasteiger partial charge in [-0.15, -0.1) is 6.58 Å². The van der Waals surface area contributed by atoms with Gasteiger partial charge in [-0.25, -0.2) is 12.7 Å². The van der Waals surface area contributed by atoms with Crippen LogP contribution in [0.2, 0.25) is 0 Å². The minimum Gasteiger partial charge on any atom is -0.372 e. The molecule has 0 aliphatic rings. The maximum absolute atomic E-state index is 12.3. The molecule has 0 fully saturated rings. The van der Waals surface area contributed by atoms with Crippen molar-refractivity contribution in [2.75, 3.05) is 20.3 Å². The van der Waals surface area contributed by atoms with Crippen molar-refractivity contribution in [2.24, 2.45) is 0 Å². The Balaban J connectivity index is 2.63. The number of hydrogen-bond donors (Lipinski definition) is 0. The molecule has 5 nitrogen and oxygen atoms in total. The summed E-state index contributed by atoms with van der Waals surface area (Å²) in [5, 5.41) is 0. The standard InChI is InChI=1S/C15H21NO4S/c1-4-5-6-11-20-12-15(17)16(3)21(18,19)14-9-7-13(2)8-10-14/h4,7-10H,1,5-6,11-12H2,2-3H3. The molecule has 0 aliphatic carbocycles. The van der Waals surface area contributed by atoms with Gasteiger partial charge in [-0.3, -0.25) is 4.79 Å². The molecule has 0 heterocycles. The van der Waals surface area contributed by atoms with E-state index in [1.165, 1.54) is 19.2 Å². The Labute approximate surface area is 126 Å². The minimum atomic E-state index is -3.81. The fourth-order valence-corrected chi connectivity index (χ4v) is 2.70. The second kappa shape index (κ2) is 7.95. The summed E-state index contributed by atoms with van der Waals surface area (Å²) in [7, 11) is -2.57. The highest BCUT2D eigenvalue weighted by Gasteiger charge is 2.25. The second-order valence-corrected chi connectivity index (χ2v) is 6.63. The van der Waals surface area contributed by atoms with Crippen LogP contribution in [0.1, 0.15) is 18.4 Å². The molecule has 0 saturated carbocycles. The Hall–Kier alpha value is -1.66. The molecular formula is C15H21NO4S. The summed E-state index contributed by atoms with van der Waals surface area (Å²) >= 11 is 0. The maximum atomic E-state index is 12.3. The summed E-state index contributed by atoms with van der Waals surface area (Å²) in [4.78, 5) is 12.0. The zero-order chi connectivity index (χ0) is 15.9. The van der Waals surface area contributed by atoms with E-state index in [4.69, 9.17) is 4.74 Å². The molecule has 0 spiro atoms. The zero-order valence-corrected chi connectivity index (χ0v) is 13.2. The summed E-state index contributed by atoms with van der Waals surface area (Å²) in [6.07, 6.45) is 3.32. The molecule has 1 aromatic carbocycles. The maximum Gasteiger partial charge on any atom is 0.266 e. The number of ether oxygens (including phenoxy) is 1. The summed E-state index contributed by atoms with van der Waals surface area (Å²) in [6.45, 7) is 5.59. The second-order valence-electron chi connectivity index (χ2n) is 4.66. The number of unbranched alkanes of at least 4 members (excludes halogenated alkanes) is 1. The molecule has 21 heavy (non-hydrogen) atoms. The van der Waals surface area contributed by atoms with Crippen molar-refractivity contribution < 1.29 is 17.9 Å². The molecule has 0 saturated heterocycles. The van der Waals surface area contributed by atoms with Crippen molar-refractivity contribution in [3.63, 3.8) is 0 Å². The van der Waals surface area contributed by atoms with Crippen molar-refractivity contribution in [2.45, 2.75) is 24.7 Å². The van der Waals surface area contributed by atoms with Gasteiger partial charge in [0.05, 0.1) is 4.90 Å². The summed E-state index contributed by atoms with van der Waals surface area (Å²) in [6, 6.07) is 6.35. The average Bonchev–Trinajstić information content (AvgIpc) is 2.46. The van der Waals surface area contributed by atoms with Crippen LogP contribution in [-0.4, -0.2) is 38.9 Å². The van der Waals surface area contributed by atoms with Crippen LogP contribution in [0.15, 0.2) is 41.8 Å². The number of sulfonamides is 1. The van der Waals surface area contributed by atoms with Crippen LogP contribution in [0.25, 0.3) is 0 Å². The number of carbonyl (C=O) groups is 1. The summed E-state index contributed by atoms with van der Waals surface area (Å²) in [5.41, 5.74) is 0.952. The molecule has 6 heteroatoms. The first-order valence-electron chi connectivity index (χ1n) is 6.66. The molecule has 0 radical (unpaired) electrons. The number of likely N-dealkylation sites (N-methyl/N-ethyl adjacent to an activating group) is 1. The molecule has 1 aromatic rings. The van der Waals surface area contributed by atoms with E-state index in [2.05, 4.69) is 6.58 Å². The molecule has 0 atom stereocenters. The first kappa shape index (κ1) is 17.4.